The zero-order valence-corrected chi connectivity index (χ0v) is 24.5. The molecule has 232 valence electrons. The van der Waals surface area contributed by atoms with E-state index in [1.54, 1.807) is 42.6 Å². The van der Waals surface area contributed by atoms with Crippen LogP contribution in [0, 0.1) is 0 Å². The Kier molecular flexibility index (Phi) is 8.42. The Bertz CT molecular complexity index is 1740. The molecule has 1 fully saturated rings. The molecule has 2 amide bonds. The zero-order valence-electron chi connectivity index (χ0n) is 24.5. The van der Waals surface area contributed by atoms with Gasteiger partial charge in [-0.2, -0.15) is 13.2 Å². The van der Waals surface area contributed by atoms with Gasteiger partial charge in [-0.15, -0.1) is 0 Å². The number of hydrogen-bond acceptors (Lipinski definition) is 6. The highest BCUT2D eigenvalue weighted by Crippen LogP contribution is 2.36. The molecule has 0 unspecified atom stereocenters. The number of amides is 2. The fourth-order valence-electron chi connectivity index (χ4n) is 5.59. The molecule has 0 aliphatic carbocycles. The van der Waals surface area contributed by atoms with Gasteiger partial charge in [0.25, 0.3) is 11.8 Å². The average Bonchev–Trinajstić information content (AvgIpc) is 3.64. The maximum atomic E-state index is 14.1. The van der Waals surface area contributed by atoms with E-state index in [4.69, 9.17) is 0 Å². The lowest BCUT2D eigenvalue weighted by Gasteiger charge is -2.34. The summed E-state index contributed by atoms with van der Waals surface area (Å²) in [6.45, 7) is 6.20. The van der Waals surface area contributed by atoms with Crippen molar-refractivity contribution in [1.29, 1.82) is 0 Å². The van der Waals surface area contributed by atoms with E-state index < -0.39 is 17.6 Å². The number of nitrogens with zero attached hydrogens (tertiary/aromatic N) is 3. The Labute approximate surface area is 258 Å². The van der Waals surface area contributed by atoms with Crippen molar-refractivity contribution in [2.45, 2.75) is 19.6 Å². The maximum Gasteiger partial charge on any atom is 0.416 e. The van der Waals surface area contributed by atoms with Gasteiger partial charge in [-0.05, 0) is 60.6 Å². The minimum Gasteiger partial charge on any atom is -0.355 e. The number of carbonyl (C=O) groups excluding carboxylic acids is 2. The molecule has 3 heterocycles. The highest BCUT2D eigenvalue weighted by molar-refractivity contribution is 6.35. The van der Waals surface area contributed by atoms with Crippen LogP contribution in [0.4, 0.5) is 35.9 Å². The fourth-order valence-corrected chi connectivity index (χ4v) is 5.59. The van der Waals surface area contributed by atoms with E-state index in [1.807, 2.05) is 17.0 Å². The van der Waals surface area contributed by atoms with Gasteiger partial charge in [0.15, 0.2) is 0 Å². The summed E-state index contributed by atoms with van der Waals surface area (Å²) in [7, 11) is 0. The van der Waals surface area contributed by atoms with Gasteiger partial charge in [-0.25, -0.2) is 4.98 Å². The summed E-state index contributed by atoms with van der Waals surface area (Å²) in [5, 5.41) is 8.83. The quantitative estimate of drug-likeness (QED) is 0.180. The summed E-state index contributed by atoms with van der Waals surface area (Å²) >= 11 is 0. The van der Waals surface area contributed by atoms with E-state index in [0.29, 0.717) is 47.1 Å². The predicted octanol–water partition coefficient (Wildman–Crippen LogP) is 6.05. The van der Waals surface area contributed by atoms with E-state index in [0.717, 1.165) is 31.3 Å². The SMILES string of the molecule is CCN1CCN(Cc2ccc(C(=O)Nc3cccc(Nc4ccc5c(c4)NC(=O)/C5=C\c4cnc[nH]4)c3)cc2C(F)(F)F)CC1. The van der Waals surface area contributed by atoms with Crippen molar-refractivity contribution in [2.24, 2.45) is 0 Å². The molecule has 2 aliphatic rings. The number of carbonyl (C=O) groups is 2. The molecular formula is C33H32F3N7O2. The van der Waals surface area contributed by atoms with Crippen molar-refractivity contribution in [3.8, 4) is 0 Å². The Morgan fingerprint density at radius 1 is 0.978 bits per heavy atom. The number of piperazine rings is 1. The number of nitrogens with one attached hydrogen (secondary N) is 4. The summed E-state index contributed by atoms with van der Waals surface area (Å²) in [5.74, 6) is -0.865. The van der Waals surface area contributed by atoms with Gasteiger partial charge >= 0.3 is 6.18 Å². The van der Waals surface area contributed by atoms with E-state index in [2.05, 4.69) is 37.7 Å². The van der Waals surface area contributed by atoms with Crippen LogP contribution in [0.1, 0.15) is 39.7 Å². The molecule has 1 saturated heterocycles. The lowest BCUT2D eigenvalue weighted by molar-refractivity contribution is -0.138. The molecule has 0 radical (unpaired) electrons. The molecule has 0 atom stereocenters. The van der Waals surface area contributed by atoms with Gasteiger partial charge < -0.3 is 25.8 Å². The first kappa shape index (κ1) is 30.1. The molecule has 4 aromatic rings. The van der Waals surface area contributed by atoms with Crippen molar-refractivity contribution in [3.05, 3.63) is 101 Å². The highest BCUT2D eigenvalue weighted by Gasteiger charge is 2.35. The standard InChI is InChI=1S/C33H32F3N7O2/c1-2-42-10-12-43(13-11-42)19-22-7-6-21(14-29(22)33(34,35)36)31(44)40-24-5-3-4-23(15-24)39-25-8-9-27-28(16-26-18-37-20-38-26)32(45)41-30(27)17-25/h3-9,14-18,20,39H,2,10-13,19H2,1H3,(H,37,38)(H,40,44)(H,41,45)/b28-16-. The lowest BCUT2D eigenvalue weighted by Crippen LogP contribution is -2.45. The fraction of sp³-hybridized carbons (Fsp3) is 0.242. The summed E-state index contributed by atoms with van der Waals surface area (Å²) in [6.07, 6.45) is 0.301. The van der Waals surface area contributed by atoms with Crippen molar-refractivity contribution in [3.63, 3.8) is 0 Å². The van der Waals surface area contributed by atoms with Crippen molar-refractivity contribution in [1.82, 2.24) is 19.8 Å². The van der Waals surface area contributed by atoms with Crippen LogP contribution in [-0.4, -0.2) is 64.3 Å². The van der Waals surface area contributed by atoms with Gasteiger partial charge in [0, 0.05) is 60.9 Å². The molecule has 3 aromatic carbocycles. The van der Waals surface area contributed by atoms with Crippen molar-refractivity contribution < 1.29 is 22.8 Å². The summed E-state index contributed by atoms with van der Waals surface area (Å²) in [4.78, 5) is 36.8. The molecule has 1 aromatic heterocycles. The van der Waals surface area contributed by atoms with Crippen LogP contribution in [0.2, 0.25) is 0 Å². The van der Waals surface area contributed by atoms with Crippen LogP contribution in [0.3, 0.4) is 0 Å². The van der Waals surface area contributed by atoms with Gasteiger partial charge in [0.2, 0.25) is 0 Å². The second-order valence-electron chi connectivity index (χ2n) is 11.0. The number of aromatic nitrogens is 2. The van der Waals surface area contributed by atoms with Crippen LogP contribution < -0.4 is 16.0 Å². The second-order valence-corrected chi connectivity index (χ2v) is 11.0. The van der Waals surface area contributed by atoms with Crippen molar-refractivity contribution >= 4 is 46.2 Å². The Morgan fingerprint density at radius 2 is 1.73 bits per heavy atom. The maximum absolute atomic E-state index is 14.1. The van der Waals surface area contributed by atoms with Crippen LogP contribution in [0.5, 0.6) is 0 Å². The number of imidazole rings is 1. The molecule has 4 N–H and O–H groups in total. The average molecular weight is 616 g/mol. The van der Waals surface area contributed by atoms with Crippen LogP contribution >= 0.6 is 0 Å². The van der Waals surface area contributed by atoms with Gasteiger partial charge in [0.1, 0.15) is 0 Å². The molecule has 0 bridgehead atoms. The number of aromatic amines is 1. The molecule has 45 heavy (non-hydrogen) atoms. The van der Waals surface area contributed by atoms with E-state index >= 15 is 0 Å². The third-order valence-corrected chi connectivity index (χ3v) is 8.01. The molecule has 0 spiro atoms. The number of halogens is 3. The number of benzene rings is 3. The molecule has 6 rings (SSSR count). The third kappa shape index (κ3) is 6.92. The highest BCUT2D eigenvalue weighted by atomic mass is 19.4. The summed E-state index contributed by atoms with van der Waals surface area (Å²) in [6, 6.07) is 16.1. The third-order valence-electron chi connectivity index (χ3n) is 8.01. The lowest BCUT2D eigenvalue weighted by atomic mass is 10.0. The minimum absolute atomic E-state index is 0.0754. The summed E-state index contributed by atoms with van der Waals surface area (Å²) in [5.41, 5.74) is 3.66. The van der Waals surface area contributed by atoms with E-state index in [1.165, 1.54) is 18.5 Å². The predicted molar refractivity (Wildman–Crippen MR) is 168 cm³/mol. The number of alkyl halides is 3. The van der Waals surface area contributed by atoms with E-state index in [9.17, 15) is 22.8 Å². The Morgan fingerprint density at radius 3 is 2.47 bits per heavy atom. The number of rotatable bonds is 8. The normalized spacial score (nSPS) is 16.4. The Balaban J connectivity index is 1.14. The van der Waals surface area contributed by atoms with Crippen LogP contribution in [-0.2, 0) is 17.5 Å². The summed E-state index contributed by atoms with van der Waals surface area (Å²) < 4.78 is 42.2. The van der Waals surface area contributed by atoms with Gasteiger partial charge in [-0.3, -0.25) is 14.5 Å². The van der Waals surface area contributed by atoms with Crippen LogP contribution in [0.25, 0.3) is 11.6 Å². The molecule has 9 nitrogen and oxygen atoms in total. The largest absolute Gasteiger partial charge is 0.416 e. The zero-order chi connectivity index (χ0) is 31.6. The first-order chi connectivity index (χ1) is 21.7. The number of fused-ring (bicyclic) bond motifs is 1. The van der Waals surface area contributed by atoms with Crippen molar-refractivity contribution in [2.75, 3.05) is 48.7 Å². The molecular weight excluding hydrogens is 583 g/mol. The number of likely N-dealkylation sites (N-methyl/N-ethyl adjacent to an activating group) is 1. The number of hydrogen-bond donors (Lipinski definition) is 4. The topological polar surface area (TPSA) is 105 Å². The van der Waals surface area contributed by atoms with Crippen LogP contribution in [0.15, 0.2) is 73.2 Å². The smallest absolute Gasteiger partial charge is 0.355 e. The second kappa shape index (κ2) is 12.6. The minimum atomic E-state index is -4.59. The molecule has 12 heteroatoms. The monoisotopic (exact) mass is 615 g/mol. The first-order valence-electron chi connectivity index (χ1n) is 14.7. The Hall–Kier alpha value is -4.94. The molecule has 0 saturated carbocycles. The molecule has 2 aliphatic heterocycles. The van der Waals surface area contributed by atoms with Gasteiger partial charge in [0.05, 0.1) is 35.0 Å². The first-order valence-corrected chi connectivity index (χ1v) is 14.7. The van der Waals surface area contributed by atoms with Gasteiger partial charge in [-0.1, -0.05) is 25.1 Å². The number of H-pyrrole nitrogens is 1. The van der Waals surface area contributed by atoms with E-state index in [-0.39, 0.29) is 23.6 Å². The number of anilines is 4.